The van der Waals surface area contributed by atoms with Gasteiger partial charge in [0.25, 0.3) is 5.91 Å². The Morgan fingerprint density at radius 2 is 1.73 bits per heavy atom. The van der Waals surface area contributed by atoms with E-state index in [0.717, 1.165) is 4.90 Å². The third kappa shape index (κ3) is 6.55. The molecule has 0 unspecified atom stereocenters. The van der Waals surface area contributed by atoms with Gasteiger partial charge in [-0.3, -0.25) is 4.79 Å². The van der Waals surface area contributed by atoms with Crippen molar-refractivity contribution in [1.29, 1.82) is 0 Å². The predicted molar refractivity (Wildman–Crippen MR) is 116 cm³/mol. The molecule has 0 saturated heterocycles. The van der Waals surface area contributed by atoms with Crippen molar-refractivity contribution in [2.24, 2.45) is 0 Å². The lowest BCUT2D eigenvalue weighted by Crippen LogP contribution is -2.46. The highest BCUT2D eigenvalue weighted by atomic mass is 79.9. The van der Waals surface area contributed by atoms with Crippen LogP contribution in [0.3, 0.4) is 0 Å². The van der Waals surface area contributed by atoms with Gasteiger partial charge in [-0.25, -0.2) is 19.5 Å². The van der Waals surface area contributed by atoms with Crippen LogP contribution in [0.5, 0.6) is 0 Å². The average Bonchev–Trinajstić information content (AvgIpc) is 2.60. The van der Waals surface area contributed by atoms with Gasteiger partial charge in [-0.2, -0.15) is 0 Å². The Bertz CT molecular complexity index is 855. The van der Waals surface area contributed by atoms with E-state index in [-0.39, 0.29) is 12.2 Å². The maximum absolute atomic E-state index is 13.4. The maximum Gasteiger partial charge on any atom is 0.422 e. The minimum atomic E-state index is -0.823. The van der Waals surface area contributed by atoms with E-state index in [1.165, 1.54) is 11.1 Å². The first kappa shape index (κ1) is 23.9. The summed E-state index contributed by atoms with van der Waals surface area (Å²) in [5, 5.41) is 0. The van der Waals surface area contributed by atoms with Gasteiger partial charge in [0, 0.05) is 18.3 Å². The van der Waals surface area contributed by atoms with Crippen LogP contribution in [0.25, 0.3) is 0 Å². The summed E-state index contributed by atoms with van der Waals surface area (Å²) in [6.45, 7) is 10.9. The molecule has 30 heavy (non-hydrogen) atoms. The minimum Gasteiger partial charge on any atom is -0.444 e. The third-order valence-corrected chi connectivity index (χ3v) is 4.45. The molecule has 2 heterocycles. The van der Waals surface area contributed by atoms with Gasteiger partial charge in [-0.15, -0.1) is 0 Å². The summed E-state index contributed by atoms with van der Waals surface area (Å²) in [4.78, 5) is 45.2. The molecule has 0 bridgehead atoms. The van der Waals surface area contributed by atoms with Crippen LogP contribution in [0.2, 0.25) is 0 Å². The molecule has 1 aromatic rings. The van der Waals surface area contributed by atoms with E-state index in [1.807, 2.05) is 0 Å². The van der Waals surface area contributed by atoms with Gasteiger partial charge < -0.3 is 14.4 Å². The summed E-state index contributed by atoms with van der Waals surface area (Å²) < 4.78 is 11.2. The van der Waals surface area contributed by atoms with Crippen LogP contribution >= 0.6 is 15.9 Å². The zero-order valence-corrected chi connectivity index (χ0v) is 19.8. The Kier molecular flexibility index (Phi) is 7.28. The molecular weight excluding hydrogens is 454 g/mol. The Morgan fingerprint density at radius 1 is 1.10 bits per heavy atom. The molecule has 1 aromatic heterocycles. The van der Waals surface area contributed by atoms with Crippen LogP contribution in [0.1, 0.15) is 48.0 Å². The summed E-state index contributed by atoms with van der Waals surface area (Å²) in [5.74, 6) is -0.578. The molecule has 0 fully saturated rings. The van der Waals surface area contributed by atoms with Gasteiger partial charge in [0.2, 0.25) is 0 Å². The molecule has 3 amide bonds. The van der Waals surface area contributed by atoms with E-state index in [2.05, 4.69) is 20.9 Å². The Balaban J connectivity index is 2.31. The first-order valence-electron chi connectivity index (χ1n) is 9.63. The minimum absolute atomic E-state index is 0.0327. The topological polar surface area (TPSA) is 89.0 Å². The number of nitrogens with zero attached hydrogens (tertiary/aromatic N) is 3. The number of halogens is 1. The number of hydrogen-bond acceptors (Lipinski definition) is 6. The SMILES string of the molecule is CC(C)(C)OC(=O)N1CCC=C(C(=O)N(C(=O)OC(C)(C)C)c2cccnc2Br)C1. The number of ether oxygens (including phenoxy) is 2. The fraction of sp³-hybridized carbons (Fsp3) is 0.524. The number of carbonyl (C=O) groups is 3. The van der Waals surface area contributed by atoms with Gasteiger partial charge in [0.05, 0.1) is 12.2 Å². The number of pyridine rings is 1. The summed E-state index contributed by atoms with van der Waals surface area (Å²) in [7, 11) is 0. The van der Waals surface area contributed by atoms with E-state index in [1.54, 1.807) is 59.8 Å². The lowest BCUT2D eigenvalue weighted by molar-refractivity contribution is -0.115. The summed E-state index contributed by atoms with van der Waals surface area (Å²) >= 11 is 3.29. The second kappa shape index (κ2) is 9.16. The average molecular weight is 482 g/mol. The normalized spacial score (nSPS) is 14.6. The number of amides is 3. The molecule has 0 atom stereocenters. The van der Waals surface area contributed by atoms with E-state index >= 15 is 0 Å². The molecule has 0 N–H and O–H groups in total. The van der Waals surface area contributed by atoms with Crippen LogP contribution in [0.4, 0.5) is 15.3 Å². The van der Waals surface area contributed by atoms with E-state index in [9.17, 15) is 14.4 Å². The molecule has 2 rings (SSSR count). The lowest BCUT2D eigenvalue weighted by atomic mass is 10.1. The molecule has 9 heteroatoms. The Hall–Kier alpha value is -2.42. The van der Waals surface area contributed by atoms with Crippen molar-refractivity contribution in [1.82, 2.24) is 9.88 Å². The van der Waals surface area contributed by atoms with Gasteiger partial charge in [0.15, 0.2) is 0 Å². The van der Waals surface area contributed by atoms with E-state index in [0.29, 0.717) is 23.1 Å². The summed E-state index contributed by atoms with van der Waals surface area (Å²) in [6.07, 6.45) is 2.40. The van der Waals surface area contributed by atoms with Gasteiger partial charge in [-0.1, -0.05) is 6.08 Å². The van der Waals surface area contributed by atoms with Crippen molar-refractivity contribution in [3.05, 3.63) is 34.6 Å². The quantitative estimate of drug-likeness (QED) is 0.569. The van der Waals surface area contributed by atoms with Crippen molar-refractivity contribution >= 4 is 39.7 Å². The largest absolute Gasteiger partial charge is 0.444 e. The van der Waals surface area contributed by atoms with Crippen LogP contribution < -0.4 is 4.90 Å². The molecule has 8 nitrogen and oxygen atoms in total. The zero-order valence-electron chi connectivity index (χ0n) is 18.2. The van der Waals surface area contributed by atoms with Gasteiger partial charge >= 0.3 is 12.2 Å². The summed E-state index contributed by atoms with van der Waals surface area (Å²) in [6, 6.07) is 3.21. The first-order chi connectivity index (χ1) is 13.8. The van der Waals surface area contributed by atoms with E-state index < -0.39 is 29.3 Å². The van der Waals surface area contributed by atoms with Crippen molar-refractivity contribution in [3.63, 3.8) is 0 Å². The van der Waals surface area contributed by atoms with Crippen molar-refractivity contribution in [3.8, 4) is 0 Å². The third-order valence-electron chi connectivity index (χ3n) is 3.84. The van der Waals surface area contributed by atoms with Crippen molar-refractivity contribution in [2.45, 2.75) is 59.2 Å². The highest BCUT2D eigenvalue weighted by Gasteiger charge is 2.34. The maximum atomic E-state index is 13.4. The summed E-state index contributed by atoms with van der Waals surface area (Å²) in [5.41, 5.74) is -0.889. The van der Waals surface area contributed by atoms with E-state index in [4.69, 9.17) is 9.47 Å². The fourth-order valence-corrected chi connectivity index (χ4v) is 3.09. The zero-order chi connectivity index (χ0) is 22.7. The molecular formula is C21H28BrN3O5. The van der Waals surface area contributed by atoms with Crippen LogP contribution in [0, 0.1) is 0 Å². The molecule has 0 aromatic carbocycles. The smallest absolute Gasteiger partial charge is 0.422 e. The van der Waals surface area contributed by atoms with Gasteiger partial charge in [-0.05, 0) is 76.0 Å². The van der Waals surface area contributed by atoms with Crippen LogP contribution in [0.15, 0.2) is 34.6 Å². The highest BCUT2D eigenvalue weighted by molar-refractivity contribution is 9.10. The van der Waals surface area contributed by atoms with Crippen molar-refractivity contribution in [2.75, 3.05) is 18.0 Å². The number of aromatic nitrogens is 1. The molecule has 1 aliphatic rings. The van der Waals surface area contributed by atoms with Crippen LogP contribution in [-0.4, -0.2) is 52.3 Å². The van der Waals surface area contributed by atoms with Crippen molar-refractivity contribution < 1.29 is 23.9 Å². The fourth-order valence-electron chi connectivity index (χ4n) is 2.67. The molecule has 0 spiro atoms. The Morgan fingerprint density at radius 3 is 2.30 bits per heavy atom. The lowest BCUT2D eigenvalue weighted by Gasteiger charge is -2.32. The van der Waals surface area contributed by atoms with Gasteiger partial charge in [0.1, 0.15) is 15.8 Å². The van der Waals surface area contributed by atoms with Crippen LogP contribution in [-0.2, 0) is 14.3 Å². The number of hydrogen-bond donors (Lipinski definition) is 0. The predicted octanol–water partition coefficient (Wildman–Crippen LogP) is 4.68. The molecule has 1 aliphatic heterocycles. The standard InChI is InChI=1S/C21H28BrN3O5/c1-20(2,3)29-18(27)24-12-8-9-14(13-24)17(26)25(19(28)30-21(4,5)6)15-10-7-11-23-16(15)22/h7,9-11H,8,12-13H2,1-6H3. The Labute approximate surface area is 185 Å². The highest BCUT2D eigenvalue weighted by Crippen LogP contribution is 2.28. The molecule has 164 valence electrons. The second-order valence-electron chi connectivity index (χ2n) is 8.85. The second-order valence-corrected chi connectivity index (χ2v) is 9.61. The molecule has 0 radical (unpaired) electrons. The molecule has 0 aliphatic carbocycles. The first-order valence-corrected chi connectivity index (χ1v) is 10.4. The monoisotopic (exact) mass is 481 g/mol. The number of imide groups is 1. The number of carbonyl (C=O) groups excluding carboxylic acids is 3. The number of anilines is 1. The molecule has 0 saturated carbocycles. The number of rotatable bonds is 2.